The third kappa shape index (κ3) is 4.09. The Kier molecular flexibility index (Phi) is 5.49. The van der Waals surface area contributed by atoms with Gasteiger partial charge in [-0.05, 0) is 39.0 Å². The third-order valence-corrected chi connectivity index (χ3v) is 5.10. The molecular weight excluding hydrogens is 432 g/mol. The Labute approximate surface area is 187 Å². The zero-order chi connectivity index (χ0) is 23.9. The van der Waals surface area contributed by atoms with E-state index < -0.39 is 18.1 Å². The number of carbonyl (C=O) groups is 2. The van der Waals surface area contributed by atoms with Crippen molar-refractivity contribution in [1.82, 2.24) is 9.78 Å². The van der Waals surface area contributed by atoms with Gasteiger partial charge in [-0.3, -0.25) is 9.69 Å². The summed E-state index contributed by atoms with van der Waals surface area (Å²) in [6.45, 7) is 2.62. The molecule has 2 aromatic heterocycles. The van der Waals surface area contributed by atoms with Gasteiger partial charge in [-0.15, -0.1) is 0 Å². The number of aromatic nitrogens is 2. The Bertz CT molecular complexity index is 1340. The molecule has 0 saturated heterocycles. The monoisotopic (exact) mass is 453 g/mol. The van der Waals surface area contributed by atoms with Crippen molar-refractivity contribution in [2.75, 3.05) is 4.90 Å². The Morgan fingerprint density at radius 1 is 1.12 bits per heavy atom. The number of aromatic carboxylic acids is 1. The summed E-state index contributed by atoms with van der Waals surface area (Å²) in [7, 11) is 0. The van der Waals surface area contributed by atoms with Crippen LogP contribution < -0.4 is 4.90 Å². The lowest BCUT2D eigenvalue weighted by molar-refractivity contribution is 0.0566. The van der Waals surface area contributed by atoms with Crippen LogP contribution in [-0.2, 0) is 0 Å². The number of benzene rings is 2. The first-order valence-electron chi connectivity index (χ1n) is 10.1. The Morgan fingerprint density at radius 3 is 2.39 bits per heavy atom. The normalized spacial score (nSPS) is 11.8. The highest BCUT2D eigenvalue weighted by atomic mass is 19.3. The van der Waals surface area contributed by atoms with Crippen molar-refractivity contribution < 1.29 is 27.9 Å². The van der Waals surface area contributed by atoms with E-state index in [0.29, 0.717) is 26.8 Å². The molecule has 33 heavy (non-hydrogen) atoms. The molecule has 4 rings (SSSR count). The molecule has 0 radical (unpaired) electrons. The average Bonchev–Trinajstić information content (AvgIpc) is 3.41. The third-order valence-electron chi connectivity index (χ3n) is 5.10. The zero-order valence-electron chi connectivity index (χ0n) is 18.1. The quantitative estimate of drug-likeness (QED) is 0.410. The summed E-state index contributed by atoms with van der Waals surface area (Å²) in [5, 5.41) is 13.6. The number of fused-ring (bicyclic) bond motifs is 1. The molecule has 2 aromatic carbocycles. The lowest BCUT2D eigenvalue weighted by Gasteiger charge is -2.37. The van der Waals surface area contributed by atoms with Crippen molar-refractivity contribution in [3.05, 3.63) is 72.2 Å². The average molecular weight is 453 g/mol. The highest BCUT2D eigenvalue weighted by Crippen LogP contribution is 2.42. The molecule has 1 amide bonds. The first-order valence-corrected chi connectivity index (χ1v) is 10.1. The van der Waals surface area contributed by atoms with Gasteiger partial charge in [-0.1, -0.05) is 30.3 Å². The van der Waals surface area contributed by atoms with Crippen molar-refractivity contribution in [1.29, 1.82) is 0 Å². The molecule has 0 spiro atoms. The highest BCUT2D eigenvalue weighted by molar-refractivity contribution is 6.14. The fraction of sp³-hybridized carbons (Fsp3) is 0.208. The van der Waals surface area contributed by atoms with E-state index in [-0.39, 0.29) is 22.9 Å². The van der Waals surface area contributed by atoms with E-state index in [1.807, 2.05) is 20.8 Å². The molecule has 1 N–H and O–H groups in total. The van der Waals surface area contributed by atoms with E-state index in [1.165, 1.54) is 23.4 Å². The molecule has 0 aliphatic carbocycles. The van der Waals surface area contributed by atoms with Crippen LogP contribution in [0.25, 0.3) is 22.1 Å². The van der Waals surface area contributed by atoms with E-state index in [0.717, 1.165) is 0 Å². The summed E-state index contributed by atoms with van der Waals surface area (Å²) in [5.41, 5.74) is 0.786. The first kappa shape index (κ1) is 22.2. The molecule has 4 aromatic rings. The summed E-state index contributed by atoms with van der Waals surface area (Å²) in [6.07, 6.45) is 2.44. The van der Waals surface area contributed by atoms with Gasteiger partial charge < -0.3 is 9.52 Å². The molecular formula is C24H21F2N3O4. The second kappa shape index (κ2) is 8.16. The second-order valence-corrected chi connectivity index (χ2v) is 8.46. The minimum Gasteiger partial charge on any atom is -0.475 e. The van der Waals surface area contributed by atoms with E-state index >= 15 is 0 Å². The van der Waals surface area contributed by atoms with Gasteiger partial charge in [0.15, 0.2) is 5.58 Å². The van der Waals surface area contributed by atoms with Crippen molar-refractivity contribution in [3.8, 4) is 11.1 Å². The molecule has 0 unspecified atom stereocenters. The zero-order valence-corrected chi connectivity index (χ0v) is 18.1. The van der Waals surface area contributed by atoms with Crippen LogP contribution in [0.2, 0.25) is 0 Å². The minimum absolute atomic E-state index is 0.161. The van der Waals surface area contributed by atoms with E-state index in [2.05, 4.69) is 5.10 Å². The molecule has 0 saturated carbocycles. The number of halogens is 2. The predicted molar refractivity (Wildman–Crippen MR) is 119 cm³/mol. The topological polar surface area (TPSA) is 88.6 Å². The molecule has 0 atom stereocenters. The number of amides is 1. The van der Waals surface area contributed by atoms with Crippen LogP contribution in [0.3, 0.4) is 0 Å². The highest BCUT2D eigenvalue weighted by Gasteiger charge is 2.34. The van der Waals surface area contributed by atoms with Crippen LogP contribution in [0.5, 0.6) is 0 Å². The van der Waals surface area contributed by atoms with Gasteiger partial charge in [0.2, 0.25) is 5.76 Å². The van der Waals surface area contributed by atoms with Crippen LogP contribution in [0.4, 0.5) is 14.5 Å². The molecule has 0 bridgehead atoms. The van der Waals surface area contributed by atoms with Crippen LogP contribution in [0.15, 0.2) is 65.3 Å². The number of nitrogens with zero attached hydrogens (tertiary/aromatic N) is 3. The number of carboxylic acid groups (broad SMARTS) is 1. The molecule has 170 valence electrons. The Morgan fingerprint density at radius 2 is 1.82 bits per heavy atom. The van der Waals surface area contributed by atoms with Gasteiger partial charge in [0.25, 0.3) is 5.91 Å². The second-order valence-electron chi connectivity index (χ2n) is 8.46. The van der Waals surface area contributed by atoms with Gasteiger partial charge in [-0.25, -0.2) is 9.48 Å². The maximum atomic E-state index is 13.7. The Balaban J connectivity index is 2.04. The Hall–Kier alpha value is -4.01. The minimum atomic E-state index is -2.84. The fourth-order valence-electron chi connectivity index (χ4n) is 3.68. The molecule has 2 heterocycles. The fourth-order valence-corrected chi connectivity index (χ4v) is 3.68. The van der Waals surface area contributed by atoms with Crippen LogP contribution >= 0.6 is 0 Å². The number of rotatable bonds is 5. The number of carboxylic acids is 1. The molecule has 0 aliphatic rings. The van der Waals surface area contributed by atoms with Gasteiger partial charge in [0.1, 0.15) is 0 Å². The molecule has 9 heteroatoms. The van der Waals surface area contributed by atoms with Gasteiger partial charge >= 0.3 is 12.5 Å². The van der Waals surface area contributed by atoms with Crippen molar-refractivity contribution in [2.24, 2.45) is 0 Å². The smallest absolute Gasteiger partial charge is 0.371 e. The summed E-state index contributed by atoms with van der Waals surface area (Å²) in [5.74, 6) is -1.92. The van der Waals surface area contributed by atoms with Crippen LogP contribution in [0.1, 0.15) is 48.2 Å². The number of anilines is 1. The lowest BCUT2D eigenvalue weighted by Crippen LogP contribution is -2.46. The van der Waals surface area contributed by atoms with E-state index in [9.17, 15) is 23.5 Å². The number of alkyl halides is 2. The van der Waals surface area contributed by atoms with Gasteiger partial charge in [-0.2, -0.15) is 13.9 Å². The van der Waals surface area contributed by atoms with Crippen molar-refractivity contribution >= 4 is 28.5 Å². The number of carbonyl (C=O) groups excluding carboxylic acids is 1. The molecule has 0 fully saturated rings. The standard InChI is InChI=1S/C24H21F2N3O4/c1-24(2,3)29(21(30)14-7-5-4-6-8-14)19-17(16-12-27-28(13-16)23(25)26)10-9-15-11-18(22(31)32)33-20(15)19/h4-13,23H,1-3H3,(H,31,32). The van der Waals surface area contributed by atoms with Gasteiger partial charge in [0, 0.05) is 33.8 Å². The SMILES string of the molecule is CC(C)(C)N(C(=O)c1ccccc1)c1c(-c2cnn(C(F)F)c2)ccc2cc(C(=O)O)oc12. The number of hydrogen-bond donors (Lipinski definition) is 1. The van der Waals surface area contributed by atoms with Crippen molar-refractivity contribution in [3.63, 3.8) is 0 Å². The maximum absolute atomic E-state index is 13.7. The largest absolute Gasteiger partial charge is 0.475 e. The van der Waals surface area contributed by atoms with Gasteiger partial charge in [0.05, 0.1) is 11.9 Å². The summed E-state index contributed by atoms with van der Waals surface area (Å²) in [4.78, 5) is 26.8. The number of furan rings is 1. The van der Waals surface area contributed by atoms with Crippen LogP contribution in [0, 0.1) is 0 Å². The van der Waals surface area contributed by atoms with E-state index in [1.54, 1.807) is 42.5 Å². The van der Waals surface area contributed by atoms with Crippen molar-refractivity contribution in [2.45, 2.75) is 32.9 Å². The lowest BCUT2D eigenvalue weighted by atomic mass is 9.97. The maximum Gasteiger partial charge on any atom is 0.371 e. The first-order chi connectivity index (χ1) is 15.6. The molecule has 7 nitrogen and oxygen atoms in total. The predicted octanol–water partition coefficient (Wildman–Crippen LogP) is 5.83. The summed E-state index contributed by atoms with van der Waals surface area (Å²) >= 11 is 0. The summed E-state index contributed by atoms with van der Waals surface area (Å²) < 4.78 is 32.6. The van der Waals surface area contributed by atoms with E-state index in [4.69, 9.17) is 4.42 Å². The summed E-state index contributed by atoms with van der Waals surface area (Å²) in [6, 6.07) is 13.2. The molecule has 0 aliphatic heterocycles. The van der Waals surface area contributed by atoms with Crippen LogP contribution in [-0.4, -0.2) is 32.3 Å². The number of hydrogen-bond acceptors (Lipinski definition) is 4.